The second-order valence-electron chi connectivity index (χ2n) is 4.89. The summed E-state index contributed by atoms with van der Waals surface area (Å²) in [5.74, 6) is -1.29. The Kier molecular flexibility index (Phi) is 4.40. The van der Waals surface area contributed by atoms with Gasteiger partial charge < -0.3 is 9.47 Å². The molecule has 0 aliphatic carbocycles. The van der Waals surface area contributed by atoms with E-state index in [0.717, 1.165) is 6.92 Å². The average Bonchev–Trinajstić information content (AvgIpc) is 3.18. The first-order valence-corrected chi connectivity index (χ1v) is 7.85. The normalized spacial score (nSPS) is 15.0. The zero-order valence-electron chi connectivity index (χ0n) is 12.8. The Bertz CT molecular complexity index is 930. The van der Waals surface area contributed by atoms with E-state index in [1.807, 2.05) is 5.38 Å². The Morgan fingerprint density at radius 2 is 2.20 bits per heavy atom. The first kappa shape index (κ1) is 16.5. The molecule has 25 heavy (non-hydrogen) atoms. The van der Waals surface area contributed by atoms with Gasteiger partial charge in [-0.15, -0.1) is 11.3 Å². The molecule has 0 spiro atoms. The number of hydrogen-bond acceptors (Lipinski definition) is 8. The van der Waals surface area contributed by atoms with Crippen molar-refractivity contribution in [2.45, 2.75) is 6.92 Å². The van der Waals surface area contributed by atoms with Crippen molar-refractivity contribution in [1.29, 1.82) is 0 Å². The summed E-state index contributed by atoms with van der Waals surface area (Å²) in [4.78, 5) is 38.2. The van der Waals surface area contributed by atoms with Gasteiger partial charge >= 0.3 is 17.6 Å². The predicted octanol–water partition coefficient (Wildman–Crippen LogP) is 2.93. The first-order chi connectivity index (χ1) is 11.9. The van der Waals surface area contributed by atoms with Gasteiger partial charge in [-0.3, -0.25) is 14.9 Å². The van der Waals surface area contributed by atoms with Gasteiger partial charge in [0.2, 0.25) is 11.6 Å². The van der Waals surface area contributed by atoms with Crippen molar-refractivity contribution >= 4 is 40.9 Å². The third-order valence-corrected chi connectivity index (χ3v) is 3.95. The highest BCUT2D eigenvalue weighted by Gasteiger charge is 2.25. The van der Waals surface area contributed by atoms with E-state index >= 15 is 0 Å². The average molecular weight is 358 g/mol. The van der Waals surface area contributed by atoms with E-state index < -0.39 is 22.5 Å². The molecule has 0 N–H and O–H groups in total. The van der Waals surface area contributed by atoms with E-state index in [-0.39, 0.29) is 17.3 Å². The van der Waals surface area contributed by atoms with Crippen LogP contribution in [0.4, 0.5) is 5.69 Å². The molecule has 126 valence electrons. The summed E-state index contributed by atoms with van der Waals surface area (Å²) in [6.07, 6.45) is 1.37. The second kappa shape index (κ2) is 6.65. The van der Waals surface area contributed by atoms with Crippen molar-refractivity contribution in [1.82, 2.24) is 0 Å². The Morgan fingerprint density at radius 1 is 1.40 bits per heavy atom. The van der Waals surface area contributed by atoms with Crippen LogP contribution in [-0.4, -0.2) is 22.8 Å². The molecule has 0 saturated carbocycles. The predicted molar refractivity (Wildman–Crippen MR) is 89.3 cm³/mol. The van der Waals surface area contributed by atoms with Gasteiger partial charge in [0.05, 0.1) is 9.80 Å². The zero-order valence-corrected chi connectivity index (χ0v) is 13.6. The number of carbonyl (C=O) groups is 2. The Labute approximate surface area is 145 Å². The molecule has 1 aromatic carbocycles. The largest absolute Gasteiger partial charge is 0.419 e. The van der Waals surface area contributed by atoms with Crippen LogP contribution >= 0.6 is 11.3 Å². The number of rotatable bonds is 4. The van der Waals surface area contributed by atoms with Crippen LogP contribution in [0.5, 0.6) is 5.75 Å². The number of nitro groups is 1. The lowest BCUT2D eigenvalue weighted by atomic mass is 10.1. The maximum Gasteiger partial charge on any atom is 0.363 e. The molecule has 2 heterocycles. The SMILES string of the molecule is CC(=O)Oc1ccc(/C=C2\N=C(c3cccs3)OC2=O)cc1[N+](=O)[O-]. The summed E-state index contributed by atoms with van der Waals surface area (Å²) in [6.45, 7) is 1.15. The summed E-state index contributed by atoms with van der Waals surface area (Å²) in [6, 6.07) is 7.52. The van der Waals surface area contributed by atoms with Gasteiger partial charge in [-0.1, -0.05) is 12.1 Å². The van der Waals surface area contributed by atoms with Crippen molar-refractivity contribution < 1.29 is 24.0 Å². The fourth-order valence-corrected chi connectivity index (χ4v) is 2.73. The van der Waals surface area contributed by atoms with E-state index in [1.54, 1.807) is 12.1 Å². The number of nitro benzene ring substituents is 1. The fraction of sp³-hybridized carbons (Fsp3) is 0.0625. The number of aliphatic imine (C=N–C) groups is 1. The highest BCUT2D eigenvalue weighted by atomic mass is 32.1. The molecular formula is C16H10N2O6S. The van der Waals surface area contributed by atoms with Crippen molar-refractivity contribution in [3.8, 4) is 5.75 Å². The number of carbonyl (C=O) groups excluding carboxylic acids is 2. The quantitative estimate of drug-likeness (QED) is 0.273. The van der Waals surface area contributed by atoms with Crippen LogP contribution in [0.2, 0.25) is 0 Å². The molecule has 0 atom stereocenters. The van der Waals surface area contributed by atoms with Gasteiger partial charge in [0.15, 0.2) is 5.70 Å². The Balaban J connectivity index is 1.95. The van der Waals surface area contributed by atoms with Crippen molar-refractivity contribution in [3.63, 3.8) is 0 Å². The summed E-state index contributed by atoms with van der Waals surface area (Å²) in [5.41, 5.74) is -0.0120. The fourth-order valence-electron chi connectivity index (χ4n) is 2.08. The number of cyclic esters (lactones) is 1. The molecule has 0 radical (unpaired) electrons. The highest BCUT2D eigenvalue weighted by Crippen LogP contribution is 2.30. The molecule has 1 aliphatic rings. The number of thiophene rings is 1. The Morgan fingerprint density at radius 3 is 2.84 bits per heavy atom. The monoisotopic (exact) mass is 358 g/mol. The van der Waals surface area contributed by atoms with Crippen LogP contribution in [0.15, 0.2) is 46.4 Å². The van der Waals surface area contributed by atoms with Gasteiger partial charge in [0, 0.05) is 13.0 Å². The van der Waals surface area contributed by atoms with Gasteiger partial charge in [-0.05, 0) is 29.2 Å². The number of nitrogens with zero attached hydrogens (tertiary/aromatic N) is 2. The first-order valence-electron chi connectivity index (χ1n) is 6.97. The van der Waals surface area contributed by atoms with E-state index in [1.165, 1.54) is 35.6 Å². The van der Waals surface area contributed by atoms with E-state index in [9.17, 15) is 19.7 Å². The molecule has 2 aromatic rings. The van der Waals surface area contributed by atoms with Gasteiger partial charge in [-0.25, -0.2) is 9.79 Å². The summed E-state index contributed by atoms with van der Waals surface area (Å²) in [7, 11) is 0. The van der Waals surface area contributed by atoms with Crippen LogP contribution in [0.1, 0.15) is 17.4 Å². The maximum absolute atomic E-state index is 11.9. The molecule has 0 bridgehead atoms. The third-order valence-electron chi connectivity index (χ3n) is 3.09. The van der Waals surface area contributed by atoms with Crippen molar-refractivity contribution in [3.05, 3.63) is 62.0 Å². The molecule has 1 aliphatic heterocycles. The van der Waals surface area contributed by atoms with Crippen LogP contribution in [0, 0.1) is 10.1 Å². The second-order valence-corrected chi connectivity index (χ2v) is 5.84. The topological polar surface area (TPSA) is 108 Å². The molecule has 1 aromatic heterocycles. The minimum absolute atomic E-state index is 0.0259. The van der Waals surface area contributed by atoms with Gasteiger partial charge in [0.25, 0.3) is 0 Å². The molecule has 0 unspecified atom stereocenters. The van der Waals surface area contributed by atoms with E-state index in [2.05, 4.69) is 4.99 Å². The molecule has 0 saturated heterocycles. The number of benzene rings is 1. The van der Waals surface area contributed by atoms with Crippen LogP contribution < -0.4 is 4.74 Å². The molecule has 3 rings (SSSR count). The molecule has 9 heteroatoms. The molecule has 8 nitrogen and oxygen atoms in total. The highest BCUT2D eigenvalue weighted by molar-refractivity contribution is 7.12. The molecule has 0 fully saturated rings. The minimum Gasteiger partial charge on any atom is -0.419 e. The number of hydrogen-bond donors (Lipinski definition) is 0. The number of ether oxygens (including phenoxy) is 2. The van der Waals surface area contributed by atoms with Crippen molar-refractivity contribution in [2.75, 3.05) is 0 Å². The molecule has 0 amide bonds. The van der Waals surface area contributed by atoms with Gasteiger partial charge in [-0.2, -0.15) is 0 Å². The van der Waals surface area contributed by atoms with Crippen LogP contribution in [-0.2, 0) is 14.3 Å². The maximum atomic E-state index is 11.9. The lowest BCUT2D eigenvalue weighted by molar-refractivity contribution is -0.385. The lowest BCUT2D eigenvalue weighted by Gasteiger charge is -2.03. The third kappa shape index (κ3) is 3.61. The van der Waals surface area contributed by atoms with E-state index in [0.29, 0.717) is 10.4 Å². The van der Waals surface area contributed by atoms with Crippen LogP contribution in [0.3, 0.4) is 0 Å². The van der Waals surface area contributed by atoms with Crippen LogP contribution in [0.25, 0.3) is 6.08 Å². The molecular weight excluding hydrogens is 348 g/mol. The zero-order chi connectivity index (χ0) is 18.0. The van der Waals surface area contributed by atoms with E-state index in [4.69, 9.17) is 9.47 Å². The standard InChI is InChI=1S/C16H10N2O6S/c1-9(19)23-13-5-4-10(8-12(13)18(21)22)7-11-16(20)24-15(17-11)14-3-2-6-25-14/h2-8H,1H3/b11-7-. The summed E-state index contributed by atoms with van der Waals surface area (Å²) >= 11 is 1.37. The minimum atomic E-state index is -0.673. The summed E-state index contributed by atoms with van der Waals surface area (Å²) < 4.78 is 9.89. The lowest BCUT2D eigenvalue weighted by Crippen LogP contribution is -2.04. The van der Waals surface area contributed by atoms with Crippen molar-refractivity contribution in [2.24, 2.45) is 4.99 Å². The van der Waals surface area contributed by atoms with Gasteiger partial charge in [0.1, 0.15) is 0 Å². The summed E-state index contributed by atoms with van der Waals surface area (Å²) in [5, 5.41) is 13.0. The smallest absolute Gasteiger partial charge is 0.363 e. The number of esters is 2. The Hall–Kier alpha value is -3.33.